The van der Waals surface area contributed by atoms with Crippen molar-refractivity contribution in [3.05, 3.63) is 30.6 Å². The minimum absolute atomic E-state index is 0. The van der Waals surface area contributed by atoms with Gasteiger partial charge in [0.25, 0.3) is 0 Å². The fourth-order valence-corrected chi connectivity index (χ4v) is 11.5. The van der Waals surface area contributed by atoms with Crippen LogP contribution in [0.1, 0.15) is 141 Å². The number of hydrogen-bond acceptors (Lipinski definition) is 24. The number of Topliss-reactive ketones (excluding diaryl/α,β-unsaturated/α-hetero) is 2. The summed E-state index contributed by atoms with van der Waals surface area (Å²) in [5.74, 6) is -0.632. The fraction of sp³-hybridized carbons (Fsp3) is 0.826. The number of ketones is 2. The van der Waals surface area contributed by atoms with Crippen molar-refractivity contribution in [2.75, 3.05) is 37.7 Å². The van der Waals surface area contributed by atoms with Crippen LogP contribution < -0.4 is 76.5 Å². The number of amides is 6. The van der Waals surface area contributed by atoms with Gasteiger partial charge in [0.15, 0.2) is 0 Å². The van der Waals surface area contributed by atoms with Crippen molar-refractivity contribution in [2.24, 2.45) is 34.4 Å². The molecule has 0 aromatic rings. The van der Waals surface area contributed by atoms with Crippen LogP contribution in [0.15, 0.2) is 0 Å². The normalized spacial score (nSPS) is 20.5. The minimum atomic E-state index is -1.75. The van der Waals surface area contributed by atoms with Crippen LogP contribution in [0.25, 0.3) is 0 Å². The van der Waals surface area contributed by atoms with Crippen LogP contribution >= 0.6 is 23.5 Å². The van der Waals surface area contributed by atoms with Crippen molar-refractivity contribution in [3.63, 3.8) is 0 Å². The van der Waals surface area contributed by atoms with Crippen molar-refractivity contribution in [3.8, 4) is 0 Å². The zero-order valence-corrected chi connectivity index (χ0v) is 48.5. The molecular weight excluding hydrogens is 1260 g/mol. The van der Waals surface area contributed by atoms with Crippen LogP contribution in [-0.4, -0.2) is 154 Å². The molecule has 2 unspecified atom stereocenters. The number of fused-ring (bicyclic) bond motifs is 2. The molecule has 4 heterocycles. The van der Waals surface area contributed by atoms with Gasteiger partial charge in [-0.2, -0.15) is 23.5 Å². The van der Waals surface area contributed by atoms with E-state index in [9.17, 15) is 48.6 Å². The molecule has 4 aliphatic rings. The molecule has 30 nitrogen and oxygen atoms in total. The number of carboxylic acids is 2. The van der Waals surface area contributed by atoms with Crippen molar-refractivity contribution < 1.29 is 79.8 Å². The van der Waals surface area contributed by atoms with Gasteiger partial charge in [-0.1, -0.05) is 25.7 Å². The average Bonchev–Trinajstić information content (AvgIpc) is 4.16. The van der Waals surface area contributed by atoms with E-state index in [4.69, 9.17) is 65.0 Å². The van der Waals surface area contributed by atoms with Crippen LogP contribution in [-0.2, 0) is 49.8 Å². The van der Waals surface area contributed by atoms with E-state index in [2.05, 4.69) is 31.9 Å². The molecule has 0 bridgehead atoms. The van der Waals surface area contributed by atoms with E-state index in [1.165, 1.54) is 0 Å². The Morgan fingerprint density at radius 3 is 1.14 bits per heavy atom. The summed E-state index contributed by atoms with van der Waals surface area (Å²) in [6, 6.07) is -2.45. The predicted octanol–water partition coefficient (Wildman–Crippen LogP) is -2.51. The summed E-state index contributed by atoms with van der Waals surface area (Å²) in [4.78, 5) is 108. The summed E-state index contributed by atoms with van der Waals surface area (Å²) in [5.41, 5.74) is 32.3. The maximum atomic E-state index is 12.0. The molecule has 456 valence electrons. The number of nitrogens with one attached hydrogen (secondary N) is 6. The number of nitrogens with two attached hydrogens (primary N) is 6. The second kappa shape index (κ2) is 46.0. The van der Waals surface area contributed by atoms with E-state index >= 15 is 0 Å². The maximum Gasteiger partial charge on any atom is 4.00 e. The van der Waals surface area contributed by atoms with Crippen LogP contribution in [0.4, 0.5) is 9.59 Å². The number of urea groups is 2. The molecular formula is C46H84N14O16PtS2. The Morgan fingerprint density at radius 2 is 0.823 bits per heavy atom. The van der Waals surface area contributed by atoms with E-state index in [0.29, 0.717) is 101 Å². The molecule has 4 saturated heterocycles. The van der Waals surface area contributed by atoms with Gasteiger partial charge in [-0.3, -0.25) is 19.2 Å². The number of hydrogen-bond donors (Lipinski definition) is 12. The van der Waals surface area contributed by atoms with Crippen molar-refractivity contribution in [1.82, 2.24) is 31.9 Å². The summed E-state index contributed by atoms with van der Waals surface area (Å²) in [7, 11) is 0. The van der Waals surface area contributed by atoms with Gasteiger partial charge in [-0.05, 0) is 89.9 Å². The fourth-order valence-electron chi connectivity index (χ4n) is 8.43. The molecule has 0 aromatic carbocycles. The summed E-state index contributed by atoms with van der Waals surface area (Å²) in [6.45, 7) is 2.39. The molecule has 4 aliphatic heterocycles. The molecule has 0 saturated carbocycles. The number of carboxylic acid groups (broad SMARTS) is 2. The number of thioether (sulfide) groups is 2. The first-order chi connectivity index (χ1) is 36.9. The van der Waals surface area contributed by atoms with Crippen molar-refractivity contribution in [2.45, 2.75) is 200 Å². The standard InChI is InChI=1S/2C22H39N5O5S.C2H8N2.2NO3.Pt/c2*23-14(7-6-8-15(24)21(30)31)17(28)9-2-1-5-12-25-19(29)11-4-3-10-18-20-16(13-33-18)26-22(32)27-20;3-1-2-4;2*2-1(3)4;/h2*14-16,18,20H,1-13,23-24H2,(H,25,29)(H,30,31)(H2,26,27,32);1-4H2;;;/q;;;2*-1;+4/p-2/t2*14?,15-,16-,18-,20-;;;;/m00..../s1. The summed E-state index contributed by atoms with van der Waals surface area (Å²) in [5, 5.41) is 69.2. The molecule has 4 fully saturated rings. The molecule has 4 rings (SSSR count). The quantitative estimate of drug-likeness (QED) is 0.0135. The zero-order chi connectivity index (χ0) is 59.0. The van der Waals surface area contributed by atoms with Crippen molar-refractivity contribution in [1.29, 1.82) is 0 Å². The first kappa shape index (κ1) is 76.4. The number of rotatable bonds is 35. The maximum absolute atomic E-state index is 12.0. The third-order valence-electron chi connectivity index (χ3n) is 12.7. The van der Waals surface area contributed by atoms with Gasteiger partial charge in [-0.15, -0.1) is 0 Å². The van der Waals surface area contributed by atoms with E-state index in [1.54, 1.807) is 0 Å². The van der Waals surface area contributed by atoms with E-state index < -0.39 is 46.3 Å². The zero-order valence-electron chi connectivity index (χ0n) is 44.6. The molecule has 79 heavy (non-hydrogen) atoms. The molecule has 0 radical (unpaired) electrons. The van der Waals surface area contributed by atoms with Gasteiger partial charge in [-0.25, -0.2) is 9.59 Å². The number of carbonyl (C=O) groups is 8. The van der Waals surface area contributed by atoms with Crippen LogP contribution in [0, 0.1) is 30.6 Å². The minimum Gasteiger partial charge on any atom is -0.548 e. The largest absolute Gasteiger partial charge is 4.00 e. The van der Waals surface area contributed by atoms with Crippen LogP contribution in [0.3, 0.4) is 0 Å². The van der Waals surface area contributed by atoms with Crippen molar-refractivity contribution >= 4 is 70.9 Å². The van der Waals surface area contributed by atoms with Gasteiger partial charge in [0, 0.05) is 86.0 Å². The average molecular weight is 1350 g/mol. The summed E-state index contributed by atoms with van der Waals surface area (Å²) in [6.07, 6.45) is 14.4. The van der Waals surface area contributed by atoms with Gasteiger partial charge >= 0.3 is 33.1 Å². The Morgan fingerprint density at radius 1 is 0.506 bits per heavy atom. The van der Waals surface area contributed by atoms with Gasteiger partial charge < -0.3 is 117 Å². The predicted molar refractivity (Wildman–Crippen MR) is 289 cm³/mol. The number of unbranched alkanes of at least 4 members (excludes halogenated alkanes) is 6. The topological polar surface area (TPSA) is 543 Å². The molecule has 0 aliphatic carbocycles. The molecule has 10 atom stereocenters. The van der Waals surface area contributed by atoms with Gasteiger partial charge in [0.05, 0.1) is 58.4 Å². The Labute approximate surface area is 483 Å². The number of nitrogens with zero attached hydrogens (tertiary/aromatic N) is 2. The Kier molecular flexibility index (Phi) is 44.4. The Hall–Kier alpha value is -4.69. The summed E-state index contributed by atoms with van der Waals surface area (Å²) < 4.78 is 0. The van der Waals surface area contributed by atoms with Gasteiger partial charge in [0.1, 0.15) is 11.6 Å². The summed E-state index contributed by atoms with van der Waals surface area (Å²) >= 11 is 3.78. The first-order valence-electron chi connectivity index (χ1n) is 26.4. The monoisotopic (exact) mass is 1350 g/mol. The molecule has 33 heteroatoms. The molecule has 0 aromatic heterocycles. The van der Waals surface area contributed by atoms with E-state index in [0.717, 1.165) is 75.7 Å². The second-order valence-electron chi connectivity index (χ2n) is 18.9. The molecule has 6 amide bonds. The molecule has 18 N–H and O–H groups in total. The second-order valence-corrected chi connectivity index (χ2v) is 21.5. The van der Waals surface area contributed by atoms with Crippen LogP contribution in [0.5, 0.6) is 0 Å². The number of aliphatic carboxylic acids is 2. The SMILES string of the molecule is NC(CCC[C@H](N)C(=O)[O-])C(=O)CCCCCNC(=O)CCCC[C@@H]1SC[C@@H]2NC(=O)N[C@@H]21.NC(CCC[C@H](N)C(=O)[O-])C(=O)CCCCCNC(=O)CCCC[C@@H]1SC[C@@H]2NC(=O)N[C@@H]21.NCCN.O=[N+]([O-])[O-].O=[N+]([O-])[O-].[Pt+4]. The van der Waals surface area contributed by atoms with Gasteiger partial charge in [0.2, 0.25) is 11.8 Å². The first-order valence-corrected chi connectivity index (χ1v) is 28.5. The van der Waals surface area contributed by atoms with E-state index in [1.807, 2.05) is 23.5 Å². The number of carbonyl (C=O) groups excluding carboxylic acids is 8. The van der Waals surface area contributed by atoms with E-state index in [-0.39, 0.29) is 93.5 Å². The third-order valence-corrected chi connectivity index (χ3v) is 15.7. The molecule has 0 spiro atoms. The smallest absolute Gasteiger partial charge is 0.548 e. The van der Waals surface area contributed by atoms with Crippen LogP contribution in [0.2, 0.25) is 0 Å². The Bertz CT molecular complexity index is 1710. The Balaban J connectivity index is 0. The third kappa shape index (κ3) is 38.6.